The number of pyridine rings is 1. The Hall–Kier alpha value is -3.68. The zero-order chi connectivity index (χ0) is 19.4. The number of nitrogens with zero attached hydrogens (tertiary/aromatic N) is 3. The van der Waals surface area contributed by atoms with Crippen LogP contribution in [0.2, 0.25) is 0 Å². The van der Waals surface area contributed by atoms with Gasteiger partial charge in [0.25, 0.3) is 5.69 Å². The lowest BCUT2D eigenvalue weighted by Crippen LogP contribution is -2.03. The van der Waals surface area contributed by atoms with Gasteiger partial charge in [0, 0.05) is 24.0 Å². The van der Waals surface area contributed by atoms with Gasteiger partial charge in [-0.05, 0) is 36.8 Å². The number of aromatic nitrogens is 2. The van der Waals surface area contributed by atoms with E-state index in [-0.39, 0.29) is 5.69 Å². The molecule has 0 aliphatic carbocycles. The maximum absolute atomic E-state index is 11.4. The van der Waals surface area contributed by atoms with Crippen LogP contribution in [0.4, 0.5) is 11.4 Å². The Kier molecular flexibility index (Phi) is 5.16. The standard InChI is InChI=1S/C19H18N4O4/c1-13-4-3-5-18-21-15(12-22(13)18)11-20-16-8-6-14(7-9-19(24)27-2)10-17(16)23(25)26/h3-10,12,20H,11H2,1-2H3/b9-7+. The van der Waals surface area contributed by atoms with Crippen molar-refractivity contribution in [3.8, 4) is 0 Å². The molecular formula is C19H18N4O4. The Morgan fingerprint density at radius 1 is 1.37 bits per heavy atom. The van der Waals surface area contributed by atoms with Crippen molar-refractivity contribution < 1.29 is 14.5 Å². The number of carbonyl (C=O) groups is 1. The smallest absolute Gasteiger partial charge is 0.330 e. The van der Waals surface area contributed by atoms with Crippen LogP contribution in [0.3, 0.4) is 0 Å². The molecule has 0 amide bonds. The summed E-state index contributed by atoms with van der Waals surface area (Å²) in [6, 6.07) is 10.5. The van der Waals surface area contributed by atoms with Crippen LogP contribution in [0.5, 0.6) is 0 Å². The van der Waals surface area contributed by atoms with E-state index in [1.165, 1.54) is 25.3 Å². The second-order valence-corrected chi connectivity index (χ2v) is 5.87. The molecule has 0 atom stereocenters. The Labute approximate surface area is 155 Å². The first kappa shape index (κ1) is 18.1. The average molecular weight is 366 g/mol. The molecule has 0 bridgehead atoms. The number of rotatable bonds is 6. The van der Waals surface area contributed by atoms with E-state index in [4.69, 9.17) is 0 Å². The number of nitrogens with one attached hydrogen (secondary N) is 1. The summed E-state index contributed by atoms with van der Waals surface area (Å²) in [5, 5.41) is 14.5. The van der Waals surface area contributed by atoms with E-state index in [1.807, 2.05) is 35.7 Å². The number of carbonyl (C=O) groups excluding carboxylic acids is 1. The van der Waals surface area contributed by atoms with Gasteiger partial charge in [0.15, 0.2) is 0 Å². The molecular weight excluding hydrogens is 348 g/mol. The maximum Gasteiger partial charge on any atom is 0.330 e. The predicted molar refractivity (Wildman–Crippen MR) is 101 cm³/mol. The van der Waals surface area contributed by atoms with Crippen LogP contribution in [-0.4, -0.2) is 27.4 Å². The summed E-state index contributed by atoms with van der Waals surface area (Å²) in [5.41, 5.74) is 3.48. The third kappa shape index (κ3) is 4.12. The normalized spacial score (nSPS) is 11.0. The minimum Gasteiger partial charge on any atom is -0.466 e. The molecule has 8 nitrogen and oxygen atoms in total. The van der Waals surface area contributed by atoms with Gasteiger partial charge in [-0.1, -0.05) is 12.1 Å². The minimum atomic E-state index is -0.526. The van der Waals surface area contributed by atoms with Gasteiger partial charge < -0.3 is 14.5 Å². The molecule has 8 heteroatoms. The molecule has 0 saturated carbocycles. The number of nitro groups is 1. The average Bonchev–Trinajstić information content (AvgIpc) is 3.09. The van der Waals surface area contributed by atoms with Crippen molar-refractivity contribution in [2.45, 2.75) is 13.5 Å². The summed E-state index contributed by atoms with van der Waals surface area (Å²) in [4.78, 5) is 26.6. The quantitative estimate of drug-likeness (QED) is 0.311. The van der Waals surface area contributed by atoms with Gasteiger partial charge in [0.2, 0.25) is 0 Å². The lowest BCUT2D eigenvalue weighted by Gasteiger charge is -2.06. The van der Waals surface area contributed by atoms with E-state index in [0.29, 0.717) is 17.8 Å². The predicted octanol–water partition coefficient (Wildman–Crippen LogP) is 3.35. The number of imidazole rings is 1. The Bertz CT molecular complexity index is 1040. The number of ether oxygens (including phenoxy) is 1. The van der Waals surface area contributed by atoms with Crippen molar-refractivity contribution >= 4 is 29.1 Å². The van der Waals surface area contributed by atoms with E-state index < -0.39 is 10.9 Å². The second kappa shape index (κ2) is 7.69. The van der Waals surface area contributed by atoms with Crippen molar-refractivity contribution in [1.29, 1.82) is 0 Å². The zero-order valence-corrected chi connectivity index (χ0v) is 14.9. The van der Waals surface area contributed by atoms with Crippen molar-refractivity contribution in [3.63, 3.8) is 0 Å². The summed E-state index contributed by atoms with van der Waals surface area (Å²) in [6.07, 6.45) is 4.58. The largest absolute Gasteiger partial charge is 0.466 e. The number of hydrogen-bond acceptors (Lipinski definition) is 6. The third-order valence-corrected chi connectivity index (χ3v) is 4.04. The molecule has 3 aromatic rings. The van der Waals surface area contributed by atoms with Crippen LogP contribution in [-0.2, 0) is 16.1 Å². The highest BCUT2D eigenvalue weighted by molar-refractivity contribution is 5.87. The van der Waals surface area contributed by atoms with Crippen LogP contribution < -0.4 is 5.32 Å². The number of fused-ring (bicyclic) bond motifs is 1. The van der Waals surface area contributed by atoms with E-state index >= 15 is 0 Å². The number of nitro benzene ring substituents is 1. The number of hydrogen-bond donors (Lipinski definition) is 1. The number of anilines is 1. The van der Waals surface area contributed by atoms with Crippen molar-refractivity contribution in [2.75, 3.05) is 12.4 Å². The first-order valence-electron chi connectivity index (χ1n) is 8.20. The SMILES string of the molecule is COC(=O)/C=C/c1ccc(NCc2cn3c(C)cccc3n2)c([N+](=O)[O-])c1. The molecule has 0 aliphatic rings. The molecule has 0 aliphatic heterocycles. The maximum atomic E-state index is 11.4. The topological polar surface area (TPSA) is 98.8 Å². The second-order valence-electron chi connectivity index (χ2n) is 5.87. The molecule has 0 fully saturated rings. The molecule has 138 valence electrons. The lowest BCUT2D eigenvalue weighted by molar-refractivity contribution is -0.384. The first-order chi connectivity index (χ1) is 13.0. The number of esters is 1. The molecule has 1 aromatic carbocycles. The highest BCUT2D eigenvalue weighted by Gasteiger charge is 2.14. The molecule has 0 unspecified atom stereocenters. The number of benzene rings is 1. The summed E-state index contributed by atoms with van der Waals surface area (Å²) >= 11 is 0. The van der Waals surface area contributed by atoms with Gasteiger partial charge in [-0.3, -0.25) is 10.1 Å². The molecule has 3 rings (SSSR count). The van der Waals surface area contributed by atoms with Crippen LogP contribution in [0.25, 0.3) is 11.7 Å². The Morgan fingerprint density at radius 3 is 2.89 bits per heavy atom. The van der Waals surface area contributed by atoms with Gasteiger partial charge in [-0.2, -0.15) is 0 Å². The molecule has 27 heavy (non-hydrogen) atoms. The monoisotopic (exact) mass is 366 g/mol. The van der Waals surface area contributed by atoms with E-state index in [1.54, 1.807) is 12.1 Å². The van der Waals surface area contributed by atoms with Crippen molar-refractivity contribution in [1.82, 2.24) is 9.38 Å². The highest BCUT2D eigenvalue weighted by atomic mass is 16.6. The summed E-state index contributed by atoms with van der Waals surface area (Å²) in [5.74, 6) is -0.526. The third-order valence-electron chi connectivity index (χ3n) is 4.04. The molecule has 0 spiro atoms. The van der Waals surface area contributed by atoms with Crippen LogP contribution in [0, 0.1) is 17.0 Å². The Morgan fingerprint density at radius 2 is 2.19 bits per heavy atom. The van der Waals surface area contributed by atoms with E-state index in [9.17, 15) is 14.9 Å². The van der Waals surface area contributed by atoms with Crippen LogP contribution in [0.1, 0.15) is 17.0 Å². The van der Waals surface area contributed by atoms with E-state index in [0.717, 1.165) is 17.0 Å². The molecule has 2 heterocycles. The summed E-state index contributed by atoms with van der Waals surface area (Å²) < 4.78 is 6.48. The Balaban J connectivity index is 1.80. The summed E-state index contributed by atoms with van der Waals surface area (Å²) in [6.45, 7) is 2.33. The van der Waals surface area contributed by atoms with Crippen LogP contribution in [0.15, 0.2) is 48.7 Å². The van der Waals surface area contributed by atoms with Gasteiger partial charge in [0.1, 0.15) is 11.3 Å². The number of methoxy groups -OCH3 is 1. The van der Waals surface area contributed by atoms with Crippen LogP contribution >= 0.6 is 0 Å². The van der Waals surface area contributed by atoms with Gasteiger partial charge in [0.05, 0.1) is 24.3 Å². The molecule has 2 aromatic heterocycles. The van der Waals surface area contributed by atoms with E-state index in [2.05, 4.69) is 15.0 Å². The summed E-state index contributed by atoms with van der Waals surface area (Å²) in [7, 11) is 1.27. The van der Waals surface area contributed by atoms with Gasteiger partial charge in [-0.15, -0.1) is 0 Å². The van der Waals surface area contributed by atoms with Gasteiger partial charge in [-0.25, -0.2) is 9.78 Å². The fraction of sp³-hybridized carbons (Fsp3) is 0.158. The molecule has 0 radical (unpaired) electrons. The molecule has 0 saturated heterocycles. The van der Waals surface area contributed by atoms with Gasteiger partial charge >= 0.3 is 5.97 Å². The van der Waals surface area contributed by atoms with Crippen molar-refractivity contribution in [2.24, 2.45) is 0 Å². The first-order valence-corrected chi connectivity index (χ1v) is 8.20. The fourth-order valence-corrected chi connectivity index (χ4v) is 2.65. The minimum absolute atomic E-state index is 0.0815. The lowest BCUT2D eigenvalue weighted by atomic mass is 10.1. The number of aryl methyl sites for hydroxylation is 1. The zero-order valence-electron chi connectivity index (χ0n) is 14.9. The fourth-order valence-electron chi connectivity index (χ4n) is 2.65. The highest BCUT2D eigenvalue weighted by Crippen LogP contribution is 2.26. The van der Waals surface area contributed by atoms with Crippen molar-refractivity contribution in [3.05, 3.63) is 75.7 Å². The molecule has 1 N–H and O–H groups in total.